The van der Waals surface area contributed by atoms with Crippen LogP contribution >= 0.6 is 0 Å². The van der Waals surface area contributed by atoms with Crippen LogP contribution in [-0.4, -0.2) is 44.1 Å². The van der Waals surface area contributed by atoms with Gasteiger partial charge in [-0.15, -0.1) is 0 Å². The highest BCUT2D eigenvalue weighted by atomic mass is 32.2. The molecule has 0 aromatic heterocycles. The lowest BCUT2D eigenvalue weighted by atomic mass is 10.1. The normalized spacial score (nSPS) is 20.5. The number of rotatable bonds is 7. The van der Waals surface area contributed by atoms with Gasteiger partial charge in [-0.05, 0) is 43.9 Å². The van der Waals surface area contributed by atoms with E-state index in [4.69, 9.17) is 9.47 Å². The minimum Gasteiger partial charge on any atom is -0.487 e. The minimum atomic E-state index is -3.74. The van der Waals surface area contributed by atoms with Crippen molar-refractivity contribution in [3.05, 3.63) is 24.0 Å². The van der Waals surface area contributed by atoms with Crippen LogP contribution in [0.3, 0.4) is 0 Å². The van der Waals surface area contributed by atoms with E-state index in [1.807, 2.05) is 20.8 Å². The predicted molar refractivity (Wildman–Crippen MR) is 97.2 cm³/mol. The van der Waals surface area contributed by atoms with Crippen molar-refractivity contribution < 1.29 is 22.3 Å². The van der Waals surface area contributed by atoms with Gasteiger partial charge in [0.15, 0.2) is 11.6 Å². The molecule has 0 radical (unpaired) electrons. The number of sulfonamides is 1. The summed E-state index contributed by atoms with van der Waals surface area (Å²) in [5, 5.41) is 0. The lowest BCUT2D eigenvalue weighted by molar-refractivity contribution is 0.0240. The Morgan fingerprint density at radius 3 is 2.35 bits per heavy atom. The van der Waals surface area contributed by atoms with Crippen molar-refractivity contribution in [3.63, 3.8) is 0 Å². The van der Waals surface area contributed by atoms with Gasteiger partial charge in [0.05, 0.1) is 18.1 Å². The Morgan fingerprint density at radius 1 is 1.15 bits per heavy atom. The van der Waals surface area contributed by atoms with Gasteiger partial charge < -0.3 is 9.47 Å². The Morgan fingerprint density at radius 2 is 1.81 bits per heavy atom. The molecule has 1 heterocycles. The molecule has 1 aliphatic heterocycles. The summed E-state index contributed by atoms with van der Waals surface area (Å²) in [4.78, 5) is -0.00581. The molecule has 1 atom stereocenters. The smallest absolute Gasteiger partial charge is 0.243 e. The lowest BCUT2D eigenvalue weighted by Gasteiger charge is -2.31. The van der Waals surface area contributed by atoms with E-state index in [2.05, 4.69) is 0 Å². The molecule has 0 bridgehead atoms. The molecule has 1 aromatic rings. The molecule has 146 valence electrons. The molecule has 0 amide bonds. The van der Waals surface area contributed by atoms with E-state index in [9.17, 15) is 12.8 Å². The Hall–Kier alpha value is -1.18. The van der Waals surface area contributed by atoms with Crippen LogP contribution < -0.4 is 4.74 Å². The van der Waals surface area contributed by atoms with Crippen LogP contribution in [0, 0.1) is 11.7 Å². The standard InChI is InChI=1S/C19H28FNO4S/c1-13(2)14(3)21(15-4-5-15)26(22,23)17-6-7-19(18(20)12-17)25-16-8-10-24-11-9-16/h6-7,12-16H,4-5,8-11H2,1-3H3/t14-/m0/s1. The molecular weight excluding hydrogens is 357 g/mol. The van der Waals surface area contributed by atoms with Crippen LogP contribution in [-0.2, 0) is 14.8 Å². The molecule has 0 N–H and O–H groups in total. The van der Waals surface area contributed by atoms with E-state index in [-0.39, 0.29) is 34.8 Å². The van der Waals surface area contributed by atoms with E-state index in [1.165, 1.54) is 12.1 Å². The summed E-state index contributed by atoms with van der Waals surface area (Å²) >= 11 is 0. The van der Waals surface area contributed by atoms with Gasteiger partial charge >= 0.3 is 0 Å². The van der Waals surface area contributed by atoms with Crippen molar-refractivity contribution in [1.82, 2.24) is 4.31 Å². The van der Waals surface area contributed by atoms with Crippen molar-refractivity contribution >= 4 is 10.0 Å². The van der Waals surface area contributed by atoms with Gasteiger partial charge in [-0.3, -0.25) is 0 Å². The zero-order valence-corrected chi connectivity index (χ0v) is 16.5. The third-order valence-electron chi connectivity index (χ3n) is 5.21. The zero-order valence-electron chi connectivity index (χ0n) is 15.7. The van der Waals surface area contributed by atoms with Gasteiger partial charge in [-0.2, -0.15) is 4.31 Å². The molecule has 2 fully saturated rings. The van der Waals surface area contributed by atoms with Crippen molar-refractivity contribution in [2.75, 3.05) is 13.2 Å². The molecule has 2 aliphatic rings. The molecule has 5 nitrogen and oxygen atoms in total. The summed E-state index contributed by atoms with van der Waals surface area (Å²) in [6.45, 7) is 7.12. The summed E-state index contributed by atoms with van der Waals surface area (Å²) in [7, 11) is -3.74. The molecule has 7 heteroatoms. The molecule has 1 aromatic carbocycles. The first-order valence-corrected chi connectivity index (χ1v) is 10.8. The fraction of sp³-hybridized carbons (Fsp3) is 0.684. The fourth-order valence-electron chi connectivity index (χ4n) is 3.20. The van der Waals surface area contributed by atoms with Crippen LogP contribution in [0.25, 0.3) is 0 Å². The van der Waals surface area contributed by atoms with E-state index >= 15 is 0 Å². The van der Waals surface area contributed by atoms with E-state index in [1.54, 1.807) is 4.31 Å². The predicted octanol–water partition coefficient (Wildman–Crippen LogP) is 3.58. The summed E-state index contributed by atoms with van der Waals surface area (Å²) in [6, 6.07) is 3.87. The van der Waals surface area contributed by atoms with Crippen LogP contribution in [0.2, 0.25) is 0 Å². The summed E-state index contributed by atoms with van der Waals surface area (Å²) in [5.41, 5.74) is 0. The van der Waals surface area contributed by atoms with E-state index in [0.717, 1.165) is 18.9 Å². The van der Waals surface area contributed by atoms with Crippen LogP contribution in [0.5, 0.6) is 5.75 Å². The van der Waals surface area contributed by atoms with Crippen molar-refractivity contribution in [3.8, 4) is 5.75 Å². The van der Waals surface area contributed by atoms with Gasteiger partial charge in [-0.1, -0.05) is 13.8 Å². The van der Waals surface area contributed by atoms with E-state index < -0.39 is 15.8 Å². The average molecular weight is 386 g/mol. The molecule has 1 aliphatic carbocycles. The second kappa shape index (κ2) is 7.82. The number of hydrogen-bond donors (Lipinski definition) is 0. The summed E-state index contributed by atoms with van der Waals surface area (Å²) in [5.74, 6) is -0.345. The van der Waals surface area contributed by atoms with Crippen molar-refractivity contribution in [1.29, 1.82) is 0 Å². The van der Waals surface area contributed by atoms with Gasteiger partial charge in [0.2, 0.25) is 10.0 Å². The SMILES string of the molecule is CC(C)[C@H](C)N(C1CC1)S(=O)(=O)c1ccc(OC2CCOCC2)c(F)c1. The quantitative estimate of drug-likeness (QED) is 0.720. The third-order valence-corrected chi connectivity index (χ3v) is 7.25. The maximum atomic E-state index is 14.5. The summed E-state index contributed by atoms with van der Waals surface area (Å²) in [6.07, 6.45) is 3.06. The Kier molecular flexibility index (Phi) is 5.89. The summed E-state index contributed by atoms with van der Waals surface area (Å²) < 4.78 is 53.3. The minimum absolute atomic E-state index is 0.00581. The Bertz CT molecular complexity index is 727. The Labute approximate surface area is 155 Å². The maximum absolute atomic E-state index is 14.5. The largest absolute Gasteiger partial charge is 0.487 e. The first-order chi connectivity index (χ1) is 12.3. The lowest BCUT2D eigenvalue weighted by Crippen LogP contribution is -2.43. The van der Waals surface area contributed by atoms with Gasteiger partial charge in [0.25, 0.3) is 0 Å². The number of halogens is 1. The number of nitrogens with zero attached hydrogens (tertiary/aromatic N) is 1. The molecule has 1 saturated heterocycles. The van der Waals surface area contributed by atoms with Gasteiger partial charge in [0.1, 0.15) is 6.10 Å². The van der Waals surface area contributed by atoms with Crippen molar-refractivity contribution in [2.24, 2.45) is 5.92 Å². The highest BCUT2D eigenvalue weighted by Gasteiger charge is 2.42. The number of hydrogen-bond acceptors (Lipinski definition) is 4. The average Bonchev–Trinajstić information content (AvgIpc) is 3.42. The number of benzene rings is 1. The van der Waals surface area contributed by atoms with Crippen LogP contribution in [0.1, 0.15) is 46.5 Å². The van der Waals surface area contributed by atoms with Gasteiger partial charge in [0, 0.05) is 24.9 Å². The second-order valence-electron chi connectivity index (χ2n) is 7.57. The maximum Gasteiger partial charge on any atom is 0.243 e. The molecule has 1 saturated carbocycles. The third kappa shape index (κ3) is 4.21. The number of ether oxygens (including phenoxy) is 2. The Balaban J connectivity index is 1.82. The first kappa shape index (κ1) is 19.6. The van der Waals surface area contributed by atoms with Gasteiger partial charge in [-0.25, -0.2) is 12.8 Å². The molecular formula is C19H28FNO4S. The first-order valence-electron chi connectivity index (χ1n) is 9.38. The fourth-order valence-corrected chi connectivity index (χ4v) is 5.22. The van der Waals surface area contributed by atoms with Crippen LogP contribution in [0.4, 0.5) is 4.39 Å². The molecule has 3 rings (SSSR count). The molecule has 0 spiro atoms. The monoisotopic (exact) mass is 385 g/mol. The molecule has 0 unspecified atom stereocenters. The van der Waals surface area contributed by atoms with E-state index in [0.29, 0.717) is 26.1 Å². The second-order valence-corrected chi connectivity index (χ2v) is 9.42. The molecule has 26 heavy (non-hydrogen) atoms. The highest BCUT2D eigenvalue weighted by molar-refractivity contribution is 7.89. The highest BCUT2D eigenvalue weighted by Crippen LogP contribution is 2.36. The van der Waals surface area contributed by atoms with Crippen LogP contribution in [0.15, 0.2) is 23.1 Å². The zero-order chi connectivity index (χ0) is 18.9. The van der Waals surface area contributed by atoms with Crippen molar-refractivity contribution in [2.45, 2.75) is 69.5 Å². The topological polar surface area (TPSA) is 55.8 Å².